The molecule has 8 heteroatoms. The second-order valence-electron chi connectivity index (χ2n) is 5.31. The lowest BCUT2D eigenvalue weighted by molar-refractivity contribution is -0.136. The number of nitrogens with zero attached hydrogens (tertiary/aromatic N) is 3. The van der Waals surface area contributed by atoms with E-state index >= 15 is 0 Å². The number of anilines is 3. The summed E-state index contributed by atoms with van der Waals surface area (Å²) in [5, 5.41) is 14.0. The molecule has 0 atom stereocenters. The Morgan fingerprint density at radius 1 is 1.21 bits per heavy atom. The van der Waals surface area contributed by atoms with Gasteiger partial charge in [0.05, 0.1) is 0 Å². The standard InChI is InChI=1S/C16H19N5O3/c1-21(2)13-8-9-17-15(19-13)20-16(24)18-12-5-3-4-11(10-12)6-7-14(22)23/h3-5,8-10H,6-7H2,1-2H3,(H,22,23)(H2,17,18,19,20,24). The molecule has 3 N–H and O–H groups in total. The van der Waals surface area contributed by atoms with Crippen LogP contribution in [-0.4, -0.2) is 41.2 Å². The average molecular weight is 329 g/mol. The third-order valence-electron chi connectivity index (χ3n) is 3.14. The minimum absolute atomic E-state index is 0.0425. The third-order valence-corrected chi connectivity index (χ3v) is 3.14. The van der Waals surface area contributed by atoms with Crippen LogP contribution in [0.1, 0.15) is 12.0 Å². The van der Waals surface area contributed by atoms with Gasteiger partial charge in [-0.3, -0.25) is 10.1 Å². The normalized spacial score (nSPS) is 10.1. The number of nitrogens with one attached hydrogen (secondary N) is 2. The number of aromatic nitrogens is 2. The van der Waals surface area contributed by atoms with Gasteiger partial charge in [-0.15, -0.1) is 0 Å². The van der Waals surface area contributed by atoms with Crippen LogP contribution in [0.2, 0.25) is 0 Å². The first-order valence-electron chi connectivity index (χ1n) is 7.33. The topological polar surface area (TPSA) is 107 Å². The number of carboxylic acids is 1. The molecular formula is C16H19N5O3. The number of aliphatic carboxylic acids is 1. The number of benzene rings is 1. The molecule has 0 aliphatic heterocycles. The van der Waals surface area contributed by atoms with Crippen LogP contribution in [0.25, 0.3) is 0 Å². The molecule has 8 nitrogen and oxygen atoms in total. The molecule has 0 bridgehead atoms. The maximum absolute atomic E-state index is 12.0. The van der Waals surface area contributed by atoms with Gasteiger partial charge in [0.25, 0.3) is 0 Å². The summed E-state index contributed by atoms with van der Waals surface area (Å²) in [6, 6.07) is 8.29. The van der Waals surface area contributed by atoms with Crippen molar-refractivity contribution in [2.75, 3.05) is 29.6 Å². The van der Waals surface area contributed by atoms with E-state index < -0.39 is 12.0 Å². The SMILES string of the molecule is CN(C)c1ccnc(NC(=O)Nc2cccc(CCC(=O)O)c2)n1. The number of rotatable bonds is 6. The summed E-state index contributed by atoms with van der Waals surface area (Å²) >= 11 is 0. The molecule has 1 aromatic carbocycles. The maximum atomic E-state index is 12.0. The third kappa shape index (κ3) is 5.24. The van der Waals surface area contributed by atoms with Gasteiger partial charge in [-0.25, -0.2) is 9.78 Å². The van der Waals surface area contributed by atoms with E-state index in [0.29, 0.717) is 17.9 Å². The second-order valence-corrected chi connectivity index (χ2v) is 5.31. The summed E-state index contributed by atoms with van der Waals surface area (Å²) in [5.74, 6) is 0.0146. The minimum atomic E-state index is -0.857. The fraction of sp³-hybridized carbons (Fsp3) is 0.250. The highest BCUT2D eigenvalue weighted by Gasteiger charge is 2.07. The number of carbonyl (C=O) groups excluding carboxylic acids is 1. The Morgan fingerprint density at radius 2 is 2.00 bits per heavy atom. The smallest absolute Gasteiger partial charge is 0.326 e. The number of carboxylic acid groups (broad SMARTS) is 1. The number of carbonyl (C=O) groups is 2. The van der Waals surface area contributed by atoms with Gasteiger partial charge < -0.3 is 15.3 Å². The van der Waals surface area contributed by atoms with E-state index in [9.17, 15) is 9.59 Å². The summed E-state index contributed by atoms with van der Waals surface area (Å²) in [6.07, 6.45) is 2.01. The summed E-state index contributed by atoms with van der Waals surface area (Å²) in [4.78, 5) is 32.6. The quantitative estimate of drug-likeness (QED) is 0.750. The Bertz CT molecular complexity index is 733. The van der Waals surface area contributed by atoms with Crippen molar-refractivity contribution in [3.8, 4) is 0 Å². The first-order chi connectivity index (χ1) is 11.4. The predicted octanol–water partition coefficient (Wildman–Crippen LogP) is 2.20. The van der Waals surface area contributed by atoms with E-state index in [2.05, 4.69) is 20.6 Å². The van der Waals surface area contributed by atoms with Crippen LogP contribution in [0, 0.1) is 0 Å². The van der Waals surface area contributed by atoms with Gasteiger partial charge in [0.15, 0.2) is 0 Å². The Hall–Kier alpha value is -3.16. The van der Waals surface area contributed by atoms with Gasteiger partial charge in [0.2, 0.25) is 5.95 Å². The fourth-order valence-corrected chi connectivity index (χ4v) is 1.98. The molecule has 0 aliphatic rings. The molecule has 0 unspecified atom stereocenters. The van der Waals surface area contributed by atoms with Crippen molar-refractivity contribution >= 4 is 29.5 Å². The van der Waals surface area contributed by atoms with E-state index in [1.807, 2.05) is 20.2 Å². The Balaban J connectivity index is 1.98. The average Bonchev–Trinajstić information content (AvgIpc) is 2.53. The van der Waals surface area contributed by atoms with Crippen molar-refractivity contribution in [2.45, 2.75) is 12.8 Å². The molecule has 0 radical (unpaired) electrons. The second kappa shape index (κ2) is 7.91. The van der Waals surface area contributed by atoms with Crippen molar-refractivity contribution in [2.24, 2.45) is 0 Å². The van der Waals surface area contributed by atoms with Crippen LogP contribution in [0.5, 0.6) is 0 Å². The Morgan fingerprint density at radius 3 is 2.71 bits per heavy atom. The molecule has 0 aliphatic carbocycles. The molecule has 2 rings (SSSR count). The number of hydrogen-bond donors (Lipinski definition) is 3. The van der Waals surface area contributed by atoms with Gasteiger partial charge in [0.1, 0.15) is 5.82 Å². The van der Waals surface area contributed by atoms with Crippen LogP contribution in [0.15, 0.2) is 36.5 Å². The highest BCUT2D eigenvalue weighted by atomic mass is 16.4. The van der Waals surface area contributed by atoms with Crippen LogP contribution in [0.4, 0.5) is 22.2 Å². The van der Waals surface area contributed by atoms with Gasteiger partial charge in [-0.2, -0.15) is 4.98 Å². The first-order valence-corrected chi connectivity index (χ1v) is 7.33. The van der Waals surface area contributed by atoms with Gasteiger partial charge in [-0.05, 0) is 30.2 Å². The lowest BCUT2D eigenvalue weighted by atomic mass is 10.1. The summed E-state index contributed by atoms with van der Waals surface area (Å²) in [6.45, 7) is 0. The van der Waals surface area contributed by atoms with E-state index in [1.54, 1.807) is 35.4 Å². The van der Waals surface area contributed by atoms with Crippen LogP contribution in [-0.2, 0) is 11.2 Å². The zero-order valence-corrected chi connectivity index (χ0v) is 13.5. The monoisotopic (exact) mass is 329 g/mol. The van der Waals surface area contributed by atoms with Gasteiger partial charge in [-0.1, -0.05) is 12.1 Å². The fourth-order valence-electron chi connectivity index (χ4n) is 1.98. The zero-order valence-electron chi connectivity index (χ0n) is 13.5. The van der Waals surface area contributed by atoms with Crippen molar-refractivity contribution in [1.82, 2.24) is 9.97 Å². The molecule has 0 fully saturated rings. The Labute approximate surface area is 139 Å². The molecule has 0 saturated heterocycles. The van der Waals surface area contributed by atoms with E-state index in [1.165, 1.54) is 0 Å². The molecule has 0 saturated carbocycles. The number of aryl methyl sites for hydroxylation is 1. The zero-order chi connectivity index (χ0) is 17.5. The molecule has 2 aromatic rings. The van der Waals surface area contributed by atoms with Crippen LogP contribution in [0.3, 0.4) is 0 Å². The molecule has 1 aromatic heterocycles. The first kappa shape index (κ1) is 17.2. The molecule has 24 heavy (non-hydrogen) atoms. The molecule has 2 amide bonds. The number of amides is 2. The summed E-state index contributed by atoms with van der Waals surface area (Å²) in [5.41, 5.74) is 1.40. The highest BCUT2D eigenvalue weighted by molar-refractivity contribution is 5.98. The van der Waals surface area contributed by atoms with Crippen LogP contribution < -0.4 is 15.5 Å². The van der Waals surface area contributed by atoms with Gasteiger partial charge >= 0.3 is 12.0 Å². The molecule has 1 heterocycles. The molecule has 126 valence electrons. The molecular weight excluding hydrogens is 310 g/mol. The van der Waals surface area contributed by atoms with Crippen LogP contribution >= 0.6 is 0 Å². The number of urea groups is 1. The highest BCUT2D eigenvalue weighted by Crippen LogP contribution is 2.13. The maximum Gasteiger partial charge on any atom is 0.326 e. The van der Waals surface area contributed by atoms with E-state index in [0.717, 1.165) is 5.56 Å². The summed E-state index contributed by atoms with van der Waals surface area (Å²) in [7, 11) is 3.68. The largest absolute Gasteiger partial charge is 0.481 e. The Kier molecular flexibility index (Phi) is 5.67. The lowest BCUT2D eigenvalue weighted by Gasteiger charge is -2.12. The van der Waals surface area contributed by atoms with Crippen molar-refractivity contribution in [1.29, 1.82) is 0 Å². The lowest BCUT2D eigenvalue weighted by Crippen LogP contribution is -2.21. The molecule has 0 spiro atoms. The van der Waals surface area contributed by atoms with Gasteiger partial charge in [0, 0.05) is 32.4 Å². The van der Waals surface area contributed by atoms with E-state index in [-0.39, 0.29) is 12.4 Å². The summed E-state index contributed by atoms with van der Waals surface area (Å²) < 4.78 is 0. The minimum Gasteiger partial charge on any atom is -0.481 e. The number of hydrogen-bond acceptors (Lipinski definition) is 5. The van der Waals surface area contributed by atoms with Crippen molar-refractivity contribution in [3.05, 3.63) is 42.1 Å². The predicted molar refractivity (Wildman–Crippen MR) is 91.4 cm³/mol. The van der Waals surface area contributed by atoms with E-state index in [4.69, 9.17) is 5.11 Å². The van der Waals surface area contributed by atoms with Crippen molar-refractivity contribution < 1.29 is 14.7 Å². The van der Waals surface area contributed by atoms with Crippen molar-refractivity contribution in [3.63, 3.8) is 0 Å².